The van der Waals surface area contributed by atoms with Crippen molar-refractivity contribution in [3.05, 3.63) is 112 Å². The molecule has 0 aromatic heterocycles. The van der Waals surface area contributed by atoms with Crippen LogP contribution in [0.15, 0.2) is 106 Å². The molecule has 0 heteroatoms. The van der Waals surface area contributed by atoms with Crippen molar-refractivity contribution in [2.24, 2.45) is 21.7 Å². The molecule has 0 aliphatic heterocycles. The largest absolute Gasteiger partial charge is 0.0622 e. The SMILES string of the molecule is CC(C)(C)C1=CC2=CC(c3ccccc3)=C3C=C(C(C)(C)C)C=C4C=CC(=C1)[C@@]2(C)[C@]43C. The molecule has 164 valence electrons. The monoisotopic (exact) mass is 420 g/mol. The van der Waals surface area contributed by atoms with E-state index in [4.69, 9.17) is 0 Å². The van der Waals surface area contributed by atoms with Crippen LogP contribution in [0.4, 0.5) is 0 Å². The standard InChI is InChI=1S/C32H36/c1-29(2,3)24-16-22-14-15-23-17-25(30(4,5)6)20-28-27(21-12-10-9-11-13-21)19-26(18-24)31(22,7)32(23,28)8/h9-20H,1-8H3/t31-,32-/m1/s1. The van der Waals surface area contributed by atoms with Gasteiger partial charge in [0, 0.05) is 10.8 Å². The van der Waals surface area contributed by atoms with Gasteiger partial charge >= 0.3 is 0 Å². The molecule has 5 rings (SSSR count). The van der Waals surface area contributed by atoms with Crippen LogP contribution in [0, 0.1) is 21.7 Å². The lowest BCUT2D eigenvalue weighted by molar-refractivity contribution is 0.247. The minimum absolute atomic E-state index is 0.0736. The third-order valence-corrected chi connectivity index (χ3v) is 8.35. The van der Waals surface area contributed by atoms with Gasteiger partial charge in [-0.25, -0.2) is 0 Å². The van der Waals surface area contributed by atoms with Crippen molar-refractivity contribution in [1.29, 1.82) is 0 Å². The highest BCUT2D eigenvalue weighted by Crippen LogP contribution is 2.68. The van der Waals surface area contributed by atoms with Crippen molar-refractivity contribution in [2.45, 2.75) is 55.4 Å². The average molecular weight is 421 g/mol. The van der Waals surface area contributed by atoms with Crippen molar-refractivity contribution in [3.8, 4) is 0 Å². The second-order valence-corrected chi connectivity index (χ2v) is 12.3. The molecule has 4 aliphatic rings. The molecule has 0 heterocycles. The van der Waals surface area contributed by atoms with E-state index in [-0.39, 0.29) is 21.7 Å². The lowest BCUT2D eigenvalue weighted by Gasteiger charge is -2.58. The third kappa shape index (κ3) is 2.75. The van der Waals surface area contributed by atoms with Crippen LogP contribution in [0.5, 0.6) is 0 Å². The van der Waals surface area contributed by atoms with Crippen molar-refractivity contribution in [3.63, 3.8) is 0 Å². The molecule has 0 saturated carbocycles. The Morgan fingerprint density at radius 1 is 0.562 bits per heavy atom. The molecular weight excluding hydrogens is 384 g/mol. The molecule has 0 fully saturated rings. The summed E-state index contributed by atoms with van der Waals surface area (Å²) in [6.45, 7) is 18.9. The van der Waals surface area contributed by atoms with Gasteiger partial charge in [0.2, 0.25) is 0 Å². The zero-order valence-electron chi connectivity index (χ0n) is 20.9. The fourth-order valence-electron chi connectivity index (χ4n) is 5.87. The van der Waals surface area contributed by atoms with Crippen LogP contribution < -0.4 is 0 Å². The van der Waals surface area contributed by atoms with Crippen LogP contribution in [0.25, 0.3) is 5.57 Å². The molecule has 4 aliphatic carbocycles. The molecule has 0 amide bonds. The molecule has 1 aromatic rings. The number of rotatable bonds is 1. The first-order valence-electron chi connectivity index (χ1n) is 12.0. The molecule has 0 nitrogen and oxygen atoms in total. The normalized spacial score (nSPS) is 28.9. The van der Waals surface area contributed by atoms with Gasteiger partial charge in [0.25, 0.3) is 0 Å². The van der Waals surface area contributed by atoms with Gasteiger partial charge in [0.1, 0.15) is 0 Å². The number of hydrogen-bond acceptors (Lipinski definition) is 0. The van der Waals surface area contributed by atoms with E-state index in [2.05, 4.69) is 128 Å². The second kappa shape index (κ2) is 6.47. The Morgan fingerprint density at radius 2 is 1.09 bits per heavy atom. The van der Waals surface area contributed by atoms with Gasteiger partial charge in [-0.3, -0.25) is 0 Å². The van der Waals surface area contributed by atoms with Gasteiger partial charge in [0.15, 0.2) is 0 Å². The van der Waals surface area contributed by atoms with Crippen LogP contribution in [-0.4, -0.2) is 0 Å². The van der Waals surface area contributed by atoms with E-state index in [1.54, 1.807) is 0 Å². The molecule has 32 heavy (non-hydrogen) atoms. The summed E-state index contributed by atoms with van der Waals surface area (Å²) in [6.07, 6.45) is 17.2. The predicted octanol–water partition coefficient (Wildman–Crippen LogP) is 8.79. The lowest BCUT2D eigenvalue weighted by atomic mass is 9.44. The summed E-state index contributed by atoms with van der Waals surface area (Å²) in [5, 5.41) is 0. The minimum Gasteiger partial charge on any atom is -0.0622 e. The molecule has 0 unspecified atom stereocenters. The molecule has 0 radical (unpaired) electrons. The molecule has 1 aromatic carbocycles. The van der Waals surface area contributed by atoms with Crippen LogP contribution in [-0.2, 0) is 0 Å². The Balaban J connectivity index is 1.90. The summed E-state index contributed by atoms with van der Waals surface area (Å²) in [5.74, 6) is 0. The highest BCUT2D eigenvalue weighted by atomic mass is 14.6. The summed E-state index contributed by atoms with van der Waals surface area (Å²) < 4.78 is 0. The van der Waals surface area contributed by atoms with E-state index in [1.807, 2.05) is 0 Å². The van der Waals surface area contributed by atoms with E-state index in [0.717, 1.165) is 0 Å². The van der Waals surface area contributed by atoms with Crippen LogP contribution in [0.3, 0.4) is 0 Å². The van der Waals surface area contributed by atoms with Gasteiger partial charge in [-0.15, -0.1) is 0 Å². The van der Waals surface area contributed by atoms with E-state index >= 15 is 0 Å². The number of benzene rings is 1. The maximum atomic E-state index is 2.50. The summed E-state index contributed by atoms with van der Waals surface area (Å²) in [7, 11) is 0. The zero-order chi connectivity index (χ0) is 23.1. The van der Waals surface area contributed by atoms with E-state index in [1.165, 1.54) is 44.6 Å². The first kappa shape index (κ1) is 21.3. The first-order valence-corrected chi connectivity index (χ1v) is 12.0. The number of hydrogen-bond donors (Lipinski definition) is 0. The summed E-state index contributed by atoms with van der Waals surface area (Å²) in [4.78, 5) is 0. The summed E-state index contributed by atoms with van der Waals surface area (Å²) in [5.41, 5.74) is 11.3. The Morgan fingerprint density at radius 3 is 1.66 bits per heavy atom. The van der Waals surface area contributed by atoms with Crippen molar-refractivity contribution in [1.82, 2.24) is 0 Å². The van der Waals surface area contributed by atoms with Gasteiger partial charge in [0.05, 0.1) is 0 Å². The Kier molecular flexibility index (Phi) is 4.30. The number of allylic oxidation sites excluding steroid dienone is 14. The maximum absolute atomic E-state index is 2.50. The van der Waals surface area contributed by atoms with Crippen molar-refractivity contribution in [2.75, 3.05) is 0 Å². The third-order valence-electron chi connectivity index (χ3n) is 8.35. The first-order chi connectivity index (χ1) is 14.9. The molecule has 0 N–H and O–H groups in total. The molecule has 0 saturated heterocycles. The van der Waals surface area contributed by atoms with Gasteiger partial charge in [-0.05, 0) is 61.5 Å². The highest BCUT2D eigenvalue weighted by Gasteiger charge is 2.57. The van der Waals surface area contributed by atoms with Gasteiger partial charge in [-0.2, -0.15) is 0 Å². The molecule has 0 spiro atoms. The molecule has 0 bridgehead atoms. The maximum Gasteiger partial charge on any atom is 0.0315 e. The van der Waals surface area contributed by atoms with Gasteiger partial charge in [-0.1, -0.05) is 122 Å². The smallest absolute Gasteiger partial charge is 0.0315 e. The zero-order valence-corrected chi connectivity index (χ0v) is 20.9. The van der Waals surface area contributed by atoms with Gasteiger partial charge < -0.3 is 0 Å². The van der Waals surface area contributed by atoms with Crippen LogP contribution >= 0.6 is 0 Å². The van der Waals surface area contributed by atoms with E-state index in [9.17, 15) is 0 Å². The Hall–Kier alpha value is -2.60. The van der Waals surface area contributed by atoms with Crippen LogP contribution in [0.2, 0.25) is 0 Å². The predicted molar refractivity (Wildman–Crippen MR) is 138 cm³/mol. The molecule has 2 atom stereocenters. The fourth-order valence-corrected chi connectivity index (χ4v) is 5.87. The summed E-state index contributed by atoms with van der Waals surface area (Å²) >= 11 is 0. The Labute approximate surface area is 194 Å². The van der Waals surface area contributed by atoms with Crippen molar-refractivity contribution >= 4 is 5.57 Å². The second-order valence-electron chi connectivity index (χ2n) is 12.3. The van der Waals surface area contributed by atoms with Crippen LogP contribution in [0.1, 0.15) is 61.0 Å². The van der Waals surface area contributed by atoms with E-state index in [0.29, 0.717) is 0 Å². The lowest BCUT2D eigenvalue weighted by Crippen LogP contribution is -2.48. The van der Waals surface area contributed by atoms with E-state index < -0.39 is 0 Å². The molecular formula is C32H36. The minimum atomic E-state index is -0.0997. The Bertz CT molecular complexity index is 1220. The average Bonchev–Trinajstić information content (AvgIpc) is 2.71. The quantitative estimate of drug-likeness (QED) is 0.426. The topological polar surface area (TPSA) is 0 Å². The van der Waals surface area contributed by atoms with Crippen molar-refractivity contribution < 1.29 is 0 Å². The summed E-state index contributed by atoms with van der Waals surface area (Å²) in [6, 6.07) is 11.0. The fraction of sp³-hybridized carbons (Fsp3) is 0.375. The highest BCUT2D eigenvalue weighted by molar-refractivity contribution is 5.87.